The molecule has 0 bridgehead atoms. The highest BCUT2D eigenvalue weighted by Crippen LogP contribution is 2.26. The summed E-state index contributed by atoms with van der Waals surface area (Å²) in [5, 5.41) is 7.00. The third-order valence-corrected chi connectivity index (χ3v) is 3.89. The summed E-state index contributed by atoms with van der Waals surface area (Å²) in [6, 6.07) is 5.64. The van der Waals surface area contributed by atoms with E-state index in [0.717, 1.165) is 43.8 Å². The number of rotatable bonds is 3. The van der Waals surface area contributed by atoms with Crippen molar-refractivity contribution in [2.45, 2.75) is 32.1 Å². The minimum atomic E-state index is -0.00563. The molecular weight excluding hydrogens is 254 g/mol. The number of hydrogen-bond donors (Lipinski definition) is 1. The van der Waals surface area contributed by atoms with E-state index < -0.39 is 0 Å². The first-order chi connectivity index (χ1) is 9.78. The molecule has 0 radical (unpaired) electrons. The van der Waals surface area contributed by atoms with Crippen molar-refractivity contribution in [3.8, 4) is 0 Å². The van der Waals surface area contributed by atoms with Crippen LogP contribution in [0, 0.1) is 0 Å². The van der Waals surface area contributed by atoms with Gasteiger partial charge in [0.1, 0.15) is 5.76 Å². The maximum atomic E-state index is 12.5. The number of aromatic amines is 1. The van der Waals surface area contributed by atoms with Gasteiger partial charge in [-0.1, -0.05) is 6.92 Å². The average molecular weight is 273 g/mol. The van der Waals surface area contributed by atoms with Crippen molar-refractivity contribution in [2.24, 2.45) is 0 Å². The van der Waals surface area contributed by atoms with Gasteiger partial charge in [-0.2, -0.15) is 5.10 Å². The van der Waals surface area contributed by atoms with Crippen LogP contribution in [0.2, 0.25) is 0 Å². The Kier molecular flexibility index (Phi) is 3.58. The SMILES string of the molecule is CCc1ccc(C(=O)N2CCC[C@@H](c3ccn[nH]3)C2)o1. The molecule has 1 fully saturated rings. The quantitative estimate of drug-likeness (QED) is 0.935. The second-order valence-corrected chi connectivity index (χ2v) is 5.22. The van der Waals surface area contributed by atoms with Crippen molar-refractivity contribution < 1.29 is 9.21 Å². The molecule has 20 heavy (non-hydrogen) atoms. The highest BCUT2D eigenvalue weighted by molar-refractivity contribution is 5.91. The lowest BCUT2D eigenvalue weighted by Crippen LogP contribution is -2.39. The van der Waals surface area contributed by atoms with Crippen LogP contribution in [0.15, 0.2) is 28.8 Å². The molecule has 3 rings (SSSR count). The van der Waals surface area contributed by atoms with Crippen LogP contribution in [-0.4, -0.2) is 34.1 Å². The Morgan fingerprint density at radius 1 is 1.50 bits per heavy atom. The minimum absolute atomic E-state index is 0.00563. The summed E-state index contributed by atoms with van der Waals surface area (Å²) in [6.07, 6.45) is 4.67. The lowest BCUT2D eigenvalue weighted by molar-refractivity contribution is 0.0672. The molecule has 1 saturated heterocycles. The molecule has 2 aromatic rings. The number of H-pyrrole nitrogens is 1. The van der Waals surface area contributed by atoms with Gasteiger partial charge in [0.25, 0.3) is 5.91 Å². The normalized spacial score (nSPS) is 19.2. The van der Waals surface area contributed by atoms with Crippen molar-refractivity contribution in [3.63, 3.8) is 0 Å². The number of likely N-dealkylation sites (tertiary alicyclic amines) is 1. The van der Waals surface area contributed by atoms with Crippen LogP contribution in [-0.2, 0) is 6.42 Å². The van der Waals surface area contributed by atoms with Crippen molar-refractivity contribution >= 4 is 5.91 Å². The first-order valence-electron chi connectivity index (χ1n) is 7.15. The van der Waals surface area contributed by atoms with Crippen molar-refractivity contribution in [2.75, 3.05) is 13.1 Å². The highest BCUT2D eigenvalue weighted by Gasteiger charge is 2.27. The van der Waals surface area contributed by atoms with E-state index in [1.807, 2.05) is 24.0 Å². The van der Waals surface area contributed by atoms with Gasteiger partial charge < -0.3 is 9.32 Å². The highest BCUT2D eigenvalue weighted by atomic mass is 16.4. The molecule has 5 heteroatoms. The zero-order valence-electron chi connectivity index (χ0n) is 11.6. The molecular formula is C15H19N3O2. The minimum Gasteiger partial charge on any atom is -0.456 e. The van der Waals surface area contributed by atoms with E-state index in [1.165, 1.54) is 0 Å². The number of aryl methyl sites for hydroxylation is 1. The fraction of sp³-hybridized carbons (Fsp3) is 0.467. The lowest BCUT2D eigenvalue weighted by Gasteiger charge is -2.31. The first-order valence-corrected chi connectivity index (χ1v) is 7.15. The number of hydrogen-bond acceptors (Lipinski definition) is 3. The van der Waals surface area contributed by atoms with Gasteiger partial charge in [-0.15, -0.1) is 0 Å². The Morgan fingerprint density at radius 3 is 3.10 bits per heavy atom. The number of amides is 1. The zero-order chi connectivity index (χ0) is 13.9. The maximum Gasteiger partial charge on any atom is 0.289 e. The molecule has 0 unspecified atom stereocenters. The summed E-state index contributed by atoms with van der Waals surface area (Å²) < 4.78 is 5.56. The number of furan rings is 1. The molecule has 0 spiro atoms. The van der Waals surface area contributed by atoms with Gasteiger partial charge in [0.05, 0.1) is 0 Å². The number of nitrogens with zero attached hydrogens (tertiary/aromatic N) is 2. The summed E-state index contributed by atoms with van der Waals surface area (Å²) in [7, 11) is 0. The van der Waals surface area contributed by atoms with Crippen LogP contribution in [0.1, 0.15) is 47.7 Å². The Labute approximate surface area is 118 Å². The number of carbonyl (C=O) groups excluding carboxylic acids is 1. The third kappa shape index (κ3) is 2.48. The van der Waals surface area contributed by atoms with Crippen LogP contribution in [0.3, 0.4) is 0 Å². The second kappa shape index (κ2) is 5.53. The zero-order valence-corrected chi connectivity index (χ0v) is 11.6. The van der Waals surface area contributed by atoms with Crippen LogP contribution < -0.4 is 0 Å². The van der Waals surface area contributed by atoms with Crippen molar-refractivity contribution in [1.29, 1.82) is 0 Å². The van der Waals surface area contributed by atoms with E-state index in [4.69, 9.17) is 4.42 Å². The predicted molar refractivity (Wildman–Crippen MR) is 74.6 cm³/mol. The number of piperidine rings is 1. The van der Waals surface area contributed by atoms with E-state index in [1.54, 1.807) is 12.3 Å². The van der Waals surface area contributed by atoms with E-state index >= 15 is 0 Å². The monoisotopic (exact) mass is 273 g/mol. The smallest absolute Gasteiger partial charge is 0.289 e. The molecule has 5 nitrogen and oxygen atoms in total. The summed E-state index contributed by atoms with van der Waals surface area (Å²) >= 11 is 0. The van der Waals surface area contributed by atoms with Gasteiger partial charge in [-0.25, -0.2) is 0 Å². The lowest BCUT2D eigenvalue weighted by atomic mass is 9.95. The van der Waals surface area contributed by atoms with E-state index in [2.05, 4.69) is 10.2 Å². The Morgan fingerprint density at radius 2 is 2.40 bits per heavy atom. The molecule has 1 aliphatic heterocycles. The van der Waals surface area contributed by atoms with Crippen LogP contribution in [0.5, 0.6) is 0 Å². The predicted octanol–water partition coefficient (Wildman–Crippen LogP) is 2.58. The van der Waals surface area contributed by atoms with Crippen molar-refractivity contribution in [1.82, 2.24) is 15.1 Å². The summed E-state index contributed by atoms with van der Waals surface area (Å²) in [5.74, 6) is 1.65. The Balaban J connectivity index is 1.71. The molecule has 0 aliphatic carbocycles. The van der Waals surface area contributed by atoms with Gasteiger partial charge in [0, 0.05) is 37.3 Å². The Hall–Kier alpha value is -2.04. The molecule has 1 aliphatic rings. The molecule has 1 atom stereocenters. The number of nitrogens with one attached hydrogen (secondary N) is 1. The standard InChI is InChI=1S/C15H19N3O2/c1-2-12-5-6-14(20-12)15(19)18-9-3-4-11(10-18)13-7-8-16-17-13/h5-8,11H,2-4,9-10H2,1H3,(H,16,17)/t11-/m1/s1. The van der Waals surface area contributed by atoms with Gasteiger partial charge in [0.2, 0.25) is 0 Å². The fourth-order valence-electron chi connectivity index (χ4n) is 2.75. The molecule has 0 saturated carbocycles. The number of aromatic nitrogens is 2. The second-order valence-electron chi connectivity index (χ2n) is 5.22. The molecule has 1 amide bonds. The summed E-state index contributed by atoms with van der Waals surface area (Å²) in [6.45, 7) is 3.54. The Bertz CT molecular complexity index is 574. The largest absolute Gasteiger partial charge is 0.456 e. The molecule has 0 aromatic carbocycles. The average Bonchev–Trinajstić information content (AvgIpc) is 3.17. The van der Waals surface area contributed by atoms with Gasteiger partial charge in [-0.3, -0.25) is 9.89 Å². The van der Waals surface area contributed by atoms with Crippen LogP contribution in [0.25, 0.3) is 0 Å². The van der Waals surface area contributed by atoms with Crippen LogP contribution >= 0.6 is 0 Å². The molecule has 3 heterocycles. The first kappa shape index (κ1) is 13.0. The third-order valence-electron chi connectivity index (χ3n) is 3.89. The molecule has 2 aromatic heterocycles. The summed E-state index contributed by atoms with van der Waals surface area (Å²) in [4.78, 5) is 14.3. The topological polar surface area (TPSA) is 62.1 Å². The van der Waals surface area contributed by atoms with Gasteiger partial charge in [-0.05, 0) is 31.0 Å². The molecule has 106 valence electrons. The summed E-state index contributed by atoms with van der Waals surface area (Å²) in [5.41, 5.74) is 1.11. The molecule has 1 N–H and O–H groups in total. The van der Waals surface area contributed by atoms with Gasteiger partial charge in [0.15, 0.2) is 5.76 Å². The van der Waals surface area contributed by atoms with Gasteiger partial charge >= 0.3 is 0 Å². The van der Waals surface area contributed by atoms with Crippen molar-refractivity contribution in [3.05, 3.63) is 41.6 Å². The number of carbonyl (C=O) groups is 1. The van der Waals surface area contributed by atoms with E-state index in [9.17, 15) is 4.79 Å². The van der Waals surface area contributed by atoms with Crippen LogP contribution in [0.4, 0.5) is 0 Å². The van der Waals surface area contributed by atoms with E-state index in [0.29, 0.717) is 11.7 Å². The van der Waals surface area contributed by atoms with E-state index in [-0.39, 0.29) is 5.91 Å². The maximum absolute atomic E-state index is 12.5. The fourth-order valence-corrected chi connectivity index (χ4v) is 2.75.